The quantitative estimate of drug-likeness (QED) is 0.784. The Labute approximate surface area is 105 Å². The lowest BCUT2D eigenvalue weighted by molar-refractivity contribution is 0.0618. The largest absolute Gasteiger partial charge is 0.393 e. The molecule has 17 heavy (non-hydrogen) atoms. The van der Waals surface area contributed by atoms with Crippen LogP contribution in [0.5, 0.6) is 0 Å². The molecule has 1 aromatic heterocycles. The van der Waals surface area contributed by atoms with Gasteiger partial charge in [0.2, 0.25) is 0 Å². The number of aromatic nitrogens is 1. The van der Waals surface area contributed by atoms with Crippen molar-refractivity contribution in [3.05, 3.63) is 35.0 Å². The van der Waals surface area contributed by atoms with Crippen molar-refractivity contribution in [2.24, 2.45) is 0 Å². The topological polar surface area (TPSA) is 48.0 Å². The SMILES string of the molecule is OC1CC(NCc2[nH]c3ccccc3c2Cl)C1. The summed E-state index contributed by atoms with van der Waals surface area (Å²) in [5, 5.41) is 14.5. The van der Waals surface area contributed by atoms with E-state index in [9.17, 15) is 5.11 Å². The molecule has 1 aliphatic rings. The molecule has 1 aromatic carbocycles. The van der Waals surface area contributed by atoms with E-state index in [0.29, 0.717) is 6.04 Å². The van der Waals surface area contributed by atoms with Gasteiger partial charge in [0.1, 0.15) is 0 Å². The van der Waals surface area contributed by atoms with Crippen molar-refractivity contribution in [1.82, 2.24) is 10.3 Å². The van der Waals surface area contributed by atoms with Crippen molar-refractivity contribution in [2.45, 2.75) is 31.5 Å². The van der Waals surface area contributed by atoms with Gasteiger partial charge >= 0.3 is 0 Å². The van der Waals surface area contributed by atoms with Gasteiger partial charge in [-0.2, -0.15) is 0 Å². The van der Waals surface area contributed by atoms with Crippen LogP contribution in [0.4, 0.5) is 0 Å². The van der Waals surface area contributed by atoms with E-state index >= 15 is 0 Å². The van der Waals surface area contributed by atoms with Crippen LogP contribution in [0.25, 0.3) is 10.9 Å². The number of aromatic amines is 1. The molecule has 0 amide bonds. The number of hydrogen-bond acceptors (Lipinski definition) is 2. The first kappa shape index (κ1) is 11.1. The normalized spacial score (nSPS) is 23.9. The van der Waals surface area contributed by atoms with Crippen LogP contribution in [0, 0.1) is 0 Å². The van der Waals surface area contributed by atoms with Crippen LogP contribution < -0.4 is 5.32 Å². The zero-order chi connectivity index (χ0) is 11.8. The highest BCUT2D eigenvalue weighted by Crippen LogP contribution is 2.27. The molecule has 90 valence electrons. The zero-order valence-electron chi connectivity index (χ0n) is 9.41. The predicted octanol–water partition coefficient (Wildman–Crippen LogP) is 2.43. The van der Waals surface area contributed by atoms with Gasteiger partial charge in [0.25, 0.3) is 0 Å². The molecule has 3 nitrogen and oxygen atoms in total. The number of aliphatic hydroxyl groups is 1. The number of halogens is 1. The average molecular weight is 251 g/mol. The molecule has 0 saturated heterocycles. The highest BCUT2D eigenvalue weighted by molar-refractivity contribution is 6.36. The third-order valence-corrected chi connectivity index (χ3v) is 3.83. The van der Waals surface area contributed by atoms with Crippen molar-refractivity contribution in [2.75, 3.05) is 0 Å². The maximum atomic E-state index is 9.21. The number of H-pyrrole nitrogens is 1. The van der Waals surface area contributed by atoms with E-state index in [1.54, 1.807) is 0 Å². The van der Waals surface area contributed by atoms with E-state index in [2.05, 4.69) is 10.3 Å². The minimum atomic E-state index is -0.120. The van der Waals surface area contributed by atoms with Crippen LogP contribution in [0.1, 0.15) is 18.5 Å². The summed E-state index contributed by atoms with van der Waals surface area (Å²) in [7, 11) is 0. The van der Waals surface area contributed by atoms with E-state index in [4.69, 9.17) is 11.6 Å². The lowest BCUT2D eigenvalue weighted by Gasteiger charge is -2.32. The fraction of sp³-hybridized carbons (Fsp3) is 0.385. The second kappa shape index (κ2) is 4.33. The van der Waals surface area contributed by atoms with Gasteiger partial charge in [0.05, 0.1) is 11.1 Å². The molecular weight excluding hydrogens is 236 g/mol. The fourth-order valence-corrected chi connectivity index (χ4v) is 2.57. The van der Waals surface area contributed by atoms with Crippen molar-refractivity contribution in [1.29, 1.82) is 0 Å². The van der Waals surface area contributed by atoms with Gasteiger partial charge in [-0.05, 0) is 18.9 Å². The first-order chi connectivity index (χ1) is 8.24. The van der Waals surface area contributed by atoms with Gasteiger partial charge in [0, 0.05) is 29.2 Å². The summed E-state index contributed by atoms with van der Waals surface area (Å²) >= 11 is 6.31. The van der Waals surface area contributed by atoms with Crippen LogP contribution in [-0.4, -0.2) is 22.2 Å². The minimum Gasteiger partial charge on any atom is -0.393 e. The minimum absolute atomic E-state index is 0.120. The summed E-state index contributed by atoms with van der Waals surface area (Å²) in [6.45, 7) is 0.727. The van der Waals surface area contributed by atoms with Gasteiger partial charge in [-0.3, -0.25) is 0 Å². The summed E-state index contributed by atoms with van der Waals surface area (Å²) in [6, 6.07) is 8.45. The lowest BCUT2D eigenvalue weighted by Crippen LogP contribution is -2.43. The summed E-state index contributed by atoms with van der Waals surface area (Å²) in [4.78, 5) is 3.32. The number of benzene rings is 1. The summed E-state index contributed by atoms with van der Waals surface area (Å²) in [5.41, 5.74) is 2.09. The third-order valence-electron chi connectivity index (χ3n) is 3.39. The predicted molar refractivity (Wildman–Crippen MR) is 69.2 cm³/mol. The van der Waals surface area contributed by atoms with E-state index < -0.39 is 0 Å². The van der Waals surface area contributed by atoms with Crippen LogP contribution in [-0.2, 0) is 6.54 Å². The van der Waals surface area contributed by atoms with E-state index in [1.165, 1.54) is 0 Å². The Hall–Kier alpha value is -1.03. The molecule has 0 unspecified atom stereocenters. The number of nitrogens with one attached hydrogen (secondary N) is 2. The molecule has 4 heteroatoms. The zero-order valence-corrected chi connectivity index (χ0v) is 10.2. The van der Waals surface area contributed by atoms with Gasteiger partial charge in [-0.15, -0.1) is 0 Å². The highest BCUT2D eigenvalue weighted by Gasteiger charge is 2.26. The van der Waals surface area contributed by atoms with Crippen molar-refractivity contribution >= 4 is 22.5 Å². The maximum absolute atomic E-state index is 9.21. The molecule has 0 bridgehead atoms. The molecule has 1 aliphatic carbocycles. The van der Waals surface area contributed by atoms with E-state index in [-0.39, 0.29) is 6.10 Å². The first-order valence-corrected chi connectivity index (χ1v) is 6.28. The van der Waals surface area contributed by atoms with E-state index in [1.807, 2.05) is 24.3 Å². The van der Waals surface area contributed by atoms with Crippen molar-refractivity contribution in [3.63, 3.8) is 0 Å². The van der Waals surface area contributed by atoms with Gasteiger partial charge in [0.15, 0.2) is 0 Å². The van der Waals surface area contributed by atoms with Crippen molar-refractivity contribution < 1.29 is 5.11 Å². The average Bonchev–Trinajstić information content (AvgIpc) is 2.61. The summed E-state index contributed by atoms with van der Waals surface area (Å²) < 4.78 is 0. The van der Waals surface area contributed by atoms with Gasteiger partial charge < -0.3 is 15.4 Å². The number of hydrogen-bond donors (Lipinski definition) is 3. The Morgan fingerprint density at radius 1 is 1.35 bits per heavy atom. The van der Waals surface area contributed by atoms with Crippen LogP contribution in [0.3, 0.4) is 0 Å². The Bertz CT molecular complexity index is 531. The lowest BCUT2D eigenvalue weighted by atomic mass is 9.89. The third kappa shape index (κ3) is 2.06. The molecule has 0 aliphatic heterocycles. The second-order valence-corrected chi connectivity index (χ2v) is 5.04. The Balaban J connectivity index is 1.74. The first-order valence-electron chi connectivity index (χ1n) is 5.90. The molecular formula is C13H15ClN2O. The molecule has 1 heterocycles. The van der Waals surface area contributed by atoms with Crippen LogP contribution >= 0.6 is 11.6 Å². The maximum Gasteiger partial charge on any atom is 0.0705 e. The Morgan fingerprint density at radius 2 is 2.12 bits per heavy atom. The molecule has 0 spiro atoms. The van der Waals surface area contributed by atoms with Gasteiger partial charge in [-0.25, -0.2) is 0 Å². The van der Waals surface area contributed by atoms with Crippen molar-refractivity contribution in [3.8, 4) is 0 Å². The van der Waals surface area contributed by atoms with Crippen LogP contribution in [0.2, 0.25) is 5.02 Å². The molecule has 3 N–H and O–H groups in total. The standard InChI is InChI=1S/C13H15ClN2O/c14-13-10-3-1-2-4-11(10)16-12(13)7-15-8-5-9(17)6-8/h1-4,8-9,15-17H,5-7H2. The fourth-order valence-electron chi connectivity index (χ4n) is 2.29. The highest BCUT2D eigenvalue weighted by atomic mass is 35.5. The Morgan fingerprint density at radius 3 is 2.82 bits per heavy atom. The molecule has 0 atom stereocenters. The molecule has 1 saturated carbocycles. The summed E-state index contributed by atoms with van der Waals surface area (Å²) in [6.07, 6.45) is 1.57. The number of aliphatic hydroxyl groups excluding tert-OH is 1. The molecule has 1 fully saturated rings. The molecule has 2 aromatic rings. The number of rotatable bonds is 3. The van der Waals surface area contributed by atoms with E-state index in [0.717, 1.165) is 41.0 Å². The Kier molecular flexibility index (Phi) is 2.82. The summed E-state index contributed by atoms with van der Waals surface area (Å²) in [5.74, 6) is 0. The monoisotopic (exact) mass is 250 g/mol. The second-order valence-electron chi connectivity index (χ2n) is 4.67. The van der Waals surface area contributed by atoms with Gasteiger partial charge in [-0.1, -0.05) is 29.8 Å². The number of fused-ring (bicyclic) bond motifs is 1. The molecule has 0 radical (unpaired) electrons. The molecule has 3 rings (SSSR count). The number of para-hydroxylation sites is 1. The smallest absolute Gasteiger partial charge is 0.0705 e. The van der Waals surface area contributed by atoms with Crippen LogP contribution in [0.15, 0.2) is 24.3 Å².